The van der Waals surface area contributed by atoms with Crippen molar-refractivity contribution in [3.8, 4) is 0 Å². The number of nitrogens with one attached hydrogen (secondary N) is 2. The zero-order chi connectivity index (χ0) is 20.5. The zero-order valence-corrected chi connectivity index (χ0v) is 20.8. The monoisotopic (exact) mass is 527 g/mol. The Morgan fingerprint density at radius 2 is 1.93 bits per heavy atom. The van der Waals surface area contributed by atoms with E-state index in [0.29, 0.717) is 18.0 Å². The second-order valence-corrected chi connectivity index (χ2v) is 8.22. The van der Waals surface area contributed by atoms with Crippen molar-refractivity contribution in [3.05, 3.63) is 35.9 Å². The van der Waals surface area contributed by atoms with Crippen molar-refractivity contribution in [2.24, 2.45) is 4.99 Å². The van der Waals surface area contributed by atoms with Gasteiger partial charge in [0.1, 0.15) is 0 Å². The molecule has 1 aromatic rings. The van der Waals surface area contributed by atoms with Gasteiger partial charge in [0, 0.05) is 58.3 Å². The number of benzene rings is 1. The fourth-order valence-electron chi connectivity index (χ4n) is 4.46. The van der Waals surface area contributed by atoms with Crippen molar-refractivity contribution in [1.82, 2.24) is 20.4 Å². The molecule has 2 heterocycles. The van der Waals surface area contributed by atoms with E-state index in [1.54, 1.807) is 0 Å². The fourth-order valence-corrected chi connectivity index (χ4v) is 4.46. The lowest BCUT2D eigenvalue weighted by Crippen LogP contribution is -2.49. The molecule has 7 heteroatoms. The van der Waals surface area contributed by atoms with E-state index in [0.717, 1.165) is 77.2 Å². The van der Waals surface area contributed by atoms with Gasteiger partial charge in [-0.2, -0.15) is 0 Å². The van der Waals surface area contributed by atoms with Gasteiger partial charge in [0.05, 0.1) is 0 Å². The molecule has 1 amide bonds. The predicted octanol–water partition coefficient (Wildman–Crippen LogP) is 3.23. The number of rotatable bonds is 8. The molecule has 0 aliphatic carbocycles. The van der Waals surface area contributed by atoms with Crippen molar-refractivity contribution in [3.63, 3.8) is 0 Å². The van der Waals surface area contributed by atoms with E-state index in [1.165, 1.54) is 5.56 Å². The highest BCUT2D eigenvalue weighted by Crippen LogP contribution is 2.18. The number of carbonyl (C=O) groups is 1. The first-order chi connectivity index (χ1) is 14.2. The van der Waals surface area contributed by atoms with Gasteiger partial charge in [-0.05, 0) is 37.7 Å². The molecule has 0 saturated carbocycles. The zero-order valence-electron chi connectivity index (χ0n) is 18.5. The minimum atomic E-state index is 0. The first-order valence-corrected chi connectivity index (χ1v) is 11.2. The molecule has 0 spiro atoms. The van der Waals surface area contributed by atoms with Crippen molar-refractivity contribution in [1.29, 1.82) is 0 Å². The molecule has 2 aliphatic rings. The number of guanidine groups is 1. The summed E-state index contributed by atoms with van der Waals surface area (Å²) in [5, 5.41) is 7.05. The summed E-state index contributed by atoms with van der Waals surface area (Å²) in [4.78, 5) is 21.0. The summed E-state index contributed by atoms with van der Waals surface area (Å²) in [5.41, 5.74) is 1.39. The Bertz CT molecular complexity index is 661. The lowest BCUT2D eigenvalue weighted by atomic mass is 10.0. The number of amides is 1. The second-order valence-electron chi connectivity index (χ2n) is 8.22. The Kier molecular flexibility index (Phi) is 10.9. The van der Waals surface area contributed by atoms with Gasteiger partial charge in [-0.15, -0.1) is 24.0 Å². The summed E-state index contributed by atoms with van der Waals surface area (Å²) in [5.74, 6) is 1.20. The average Bonchev–Trinajstić information content (AvgIpc) is 3.18. The first-order valence-electron chi connectivity index (χ1n) is 11.2. The molecule has 168 valence electrons. The maximum Gasteiger partial charge on any atom is 0.222 e. The van der Waals surface area contributed by atoms with E-state index in [1.807, 2.05) is 7.05 Å². The highest BCUT2D eigenvalue weighted by atomic mass is 127. The largest absolute Gasteiger partial charge is 0.356 e. The third-order valence-electron chi connectivity index (χ3n) is 6.19. The Labute approximate surface area is 198 Å². The summed E-state index contributed by atoms with van der Waals surface area (Å²) in [6, 6.07) is 11.5. The summed E-state index contributed by atoms with van der Waals surface area (Å²) in [6.45, 7) is 7.19. The number of hydrogen-bond donors (Lipinski definition) is 2. The molecule has 3 rings (SSSR count). The van der Waals surface area contributed by atoms with E-state index < -0.39 is 0 Å². The number of halogens is 1. The molecule has 2 saturated heterocycles. The smallest absolute Gasteiger partial charge is 0.222 e. The molecule has 2 aliphatic heterocycles. The van der Waals surface area contributed by atoms with E-state index in [2.05, 4.69) is 62.7 Å². The SMILES string of the molecule is CCC(CCNC(=NC)NC1CCN(Cc2ccccc2)CC1)N1CCCC1=O.I. The van der Waals surface area contributed by atoms with Crippen LogP contribution in [0.1, 0.15) is 51.0 Å². The minimum Gasteiger partial charge on any atom is -0.356 e. The van der Waals surface area contributed by atoms with Crippen LogP contribution in [0.4, 0.5) is 0 Å². The molecular formula is C23H38IN5O. The lowest BCUT2D eigenvalue weighted by molar-refractivity contribution is -0.129. The van der Waals surface area contributed by atoms with Crippen LogP contribution in [0, 0.1) is 0 Å². The van der Waals surface area contributed by atoms with Crippen molar-refractivity contribution >= 4 is 35.8 Å². The highest BCUT2D eigenvalue weighted by molar-refractivity contribution is 14.0. The molecule has 2 fully saturated rings. The van der Waals surface area contributed by atoms with Crippen LogP contribution in [0.2, 0.25) is 0 Å². The predicted molar refractivity (Wildman–Crippen MR) is 134 cm³/mol. The summed E-state index contributed by atoms with van der Waals surface area (Å²) >= 11 is 0. The molecule has 0 bridgehead atoms. The molecule has 2 N–H and O–H groups in total. The first kappa shape index (κ1) is 24.9. The van der Waals surface area contributed by atoms with Crippen LogP contribution in [0.5, 0.6) is 0 Å². The molecular weight excluding hydrogens is 489 g/mol. The van der Waals surface area contributed by atoms with E-state index in [4.69, 9.17) is 0 Å². The van der Waals surface area contributed by atoms with E-state index in [9.17, 15) is 4.79 Å². The summed E-state index contributed by atoms with van der Waals surface area (Å²) in [6.07, 6.45) is 5.98. The van der Waals surface area contributed by atoms with E-state index in [-0.39, 0.29) is 24.0 Å². The van der Waals surface area contributed by atoms with Crippen LogP contribution in [-0.2, 0) is 11.3 Å². The lowest BCUT2D eigenvalue weighted by Gasteiger charge is -2.33. The number of piperidine rings is 1. The Hall–Kier alpha value is -1.35. The Balaban J connectivity index is 0.00000320. The van der Waals surface area contributed by atoms with Crippen molar-refractivity contribution in [2.75, 3.05) is 33.2 Å². The van der Waals surface area contributed by atoms with Crippen LogP contribution in [-0.4, -0.2) is 67.0 Å². The van der Waals surface area contributed by atoms with Gasteiger partial charge in [-0.25, -0.2) is 0 Å². The van der Waals surface area contributed by atoms with Crippen LogP contribution < -0.4 is 10.6 Å². The average molecular weight is 527 g/mol. The third kappa shape index (κ3) is 7.41. The van der Waals surface area contributed by atoms with Crippen LogP contribution >= 0.6 is 24.0 Å². The standard InChI is InChI=1S/C23H37N5O.HI/c1-3-21(28-15-7-10-22(28)29)11-14-25-23(24-2)26-20-12-16-27(17-13-20)18-19-8-5-4-6-9-19;/h4-6,8-9,20-21H,3,7,10-18H2,1-2H3,(H2,24,25,26);1H. The number of nitrogens with zero attached hydrogens (tertiary/aromatic N) is 3. The second kappa shape index (κ2) is 13.1. The maximum atomic E-state index is 12.0. The molecule has 1 aromatic carbocycles. The van der Waals surface area contributed by atoms with Gasteiger partial charge in [0.25, 0.3) is 0 Å². The summed E-state index contributed by atoms with van der Waals surface area (Å²) < 4.78 is 0. The number of carbonyl (C=O) groups excluding carboxylic acids is 1. The molecule has 0 radical (unpaired) electrons. The van der Waals surface area contributed by atoms with Gasteiger partial charge in [0.2, 0.25) is 5.91 Å². The molecule has 0 aromatic heterocycles. The van der Waals surface area contributed by atoms with Gasteiger partial charge >= 0.3 is 0 Å². The van der Waals surface area contributed by atoms with Crippen LogP contribution in [0.25, 0.3) is 0 Å². The minimum absolute atomic E-state index is 0. The number of likely N-dealkylation sites (tertiary alicyclic amines) is 2. The highest BCUT2D eigenvalue weighted by Gasteiger charge is 2.26. The van der Waals surface area contributed by atoms with Crippen molar-refractivity contribution in [2.45, 2.75) is 64.1 Å². The maximum absolute atomic E-state index is 12.0. The fraction of sp³-hybridized carbons (Fsp3) is 0.652. The molecule has 1 atom stereocenters. The van der Waals surface area contributed by atoms with Gasteiger partial charge in [0.15, 0.2) is 5.96 Å². The number of aliphatic imine (C=N–C) groups is 1. The van der Waals surface area contributed by atoms with Crippen LogP contribution in [0.15, 0.2) is 35.3 Å². The van der Waals surface area contributed by atoms with Gasteiger partial charge < -0.3 is 15.5 Å². The Morgan fingerprint density at radius 1 is 1.20 bits per heavy atom. The molecule has 30 heavy (non-hydrogen) atoms. The molecule has 6 nitrogen and oxygen atoms in total. The third-order valence-corrected chi connectivity index (χ3v) is 6.19. The van der Waals surface area contributed by atoms with Gasteiger partial charge in [-0.3, -0.25) is 14.7 Å². The van der Waals surface area contributed by atoms with Gasteiger partial charge in [-0.1, -0.05) is 37.3 Å². The Morgan fingerprint density at radius 3 is 2.53 bits per heavy atom. The van der Waals surface area contributed by atoms with Crippen molar-refractivity contribution < 1.29 is 4.79 Å². The normalized spacial score (nSPS) is 19.5. The quantitative estimate of drug-likeness (QED) is 0.310. The summed E-state index contributed by atoms with van der Waals surface area (Å²) in [7, 11) is 1.83. The molecule has 1 unspecified atom stereocenters. The number of hydrogen-bond acceptors (Lipinski definition) is 3. The topological polar surface area (TPSA) is 60.0 Å². The van der Waals surface area contributed by atoms with Crippen LogP contribution in [0.3, 0.4) is 0 Å². The van der Waals surface area contributed by atoms with E-state index >= 15 is 0 Å².